The van der Waals surface area contributed by atoms with Crippen molar-refractivity contribution >= 4 is 46.0 Å². The van der Waals surface area contributed by atoms with Crippen LogP contribution in [0.25, 0.3) is 0 Å². The molecule has 0 radical (unpaired) electrons. The number of hydrogen-bond acceptors (Lipinski definition) is 7. The first-order valence-electron chi connectivity index (χ1n) is 12.1. The number of aliphatic hydroxyl groups excluding tert-OH is 2. The standard InChI is InChI=1S/C27H28ClF3N4O4S/c1-16(36)13-35(14-17(2)37)15-19-4-3-5-20(10-19)24(38)33-26-21(8-9-40-26)25(39)34-32-12-18-6-7-23(28)22(11-18)27(29,30)31/h3-12,16-17,36-37H,13-15H2,1-2H3,(H,33,38)(H,34,39). The van der Waals surface area contributed by atoms with E-state index < -0.39 is 40.8 Å². The Morgan fingerprint density at radius 3 is 2.42 bits per heavy atom. The van der Waals surface area contributed by atoms with Gasteiger partial charge in [-0.3, -0.25) is 14.5 Å². The molecule has 0 aliphatic heterocycles. The van der Waals surface area contributed by atoms with Gasteiger partial charge in [0.25, 0.3) is 11.8 Å². The van der Waals surface area contributed by atoms with Gasteiger partial charge in [-0.15, -0.1) is 11.3 Å². The number of alkyl halides is 3. The molecule has 0 bridgehead atoms. The van der Waals surface area contributed by atoms with Crippen LogP contribution in [-0.4, -0.2) is 58.4 Å². The Labute approximate surface area is 238 Å². The van der Waals surface area contributed by atoms with E-state index >= 15 is 0 Å². The first-order chi connectivity index (χ1) is 18.8. The van der Waals surface area contributed by atoms with Crippen LogP contribution >= 0.6 is 22.9 Å². The maximum Gasteiger partial charge on any atom is 0.417 e. The van der Waals surface area contributed by atoms with E-state index in [0.717, 1.165) is 35.2 Å². The summed E-state index contributed by atoms with van der Waals surface area (Å²) >= 11 is 6.73. The molecule has 214 valence electrons. The van der Waals surface area contributed by atoms with Crippen LogP contribution < -0.4 is 10.7 Å². The molecule has 0 spiro atoms. The maximum atomic E-state index is 13.1. The van der Waals surface area contributed by atoms with Gasteiger partial charge in [0.05, 0.1) is 34.6 Å². The zero-order chi connectivity index (χ0) is 29.4. The molecular formula is C27H28ClF3N4O4S. The number of anilines is 1. The number of carbonyl (C=O) groups excluding carboxylic acids is 2. The molecule has 4 N–H and O–H groups in total. The van der Waals surface area contributed by atoms with E-state index in [2.05, 4.69) is 15.8 Å². The fourth-order valence-corrected chi connectivity index (χ4v) is 4.85. The third-order valence-electron chi connectivity index (χ3n) is 5.45. The Kier molecular flexibility index (Phi) is 10.8. The van der Waals surface area contributed by atoms with E-state index in [1.807, 2.05) is 11.0 Å². The normalized spacial score (nSPS) is 13.4. The molecular weight excluding hydrogens is 569 g/mol. The first kappa shape index (κ1) is 31.2. The number of hydrogen-bond donors (Lipinski definition) is 4. The van der Waals surface area contributed by atoms with Crippen molar-refractivity contribution in [2.45, 2.75) is 38.8 Å². The second-order valence-electron chi connectivity index (χ2n) is 9.15. The molecule has 3 aromatic rings. The molecule has 3 rings (SSSR count). The van der Waals surface area contributed by atoms with Crippen LogP contribution in [0.2, 0.25) is 5.02 Å². The monoisotopic (exact) mass is 596 g/mol. The molecule has 0 saturated heterocycles. The predicted octanol–water partition coefficient (Wildman–Crippen LogP) is 5.00. The lowest BCUT2D eigenvalue weighted by Gasteiger charge is -2.25. The summed E-state index contributed by atoms with van der Waals surface area (Å²) in [7, 11) is 0. The van der Waals surface area contributed by atoms with Gasteiger partial charge in [0, 0.05) is 25.2 Å². The minimum absolute atomic E-state index is 0.0798. The molecule has 2 aromatic carbocycles. The van der Waals surface area contributed by atoms with Gasteiger partial charge in [-0.05, 0) is 60.7 Å². The average Bonchev–Trinajstić information content (AvgIpc) is 3.32. The molecule has 2 amide bonds. The molecule has 0 aliphatic carbocycles. The van der Waals surface area contributed by atoms with Crippen molar-refractivity contribution < 1.29 is 33.0 Å². The topological polar surface area (TPSA) is 114 Å². The van der Waals surface area contributed by atoms with Gasteiger partial charge in [0.15, 0.2) is 0 Å². The number of thiophene rings is 1. The molecule has 1 aromatic heterocycles. The number of benzene rings is 2. The van der Waals surface area contributed by atoms with Crippen molar-refractivity contribution in [3.05, 3.63) is 86.8 Å². The van der Waals surface area contributed by atoms with Gasteiger partial charge in [-0.2, -0.15) is 18.3 Å². The number of carbonyl (C=O) groups is 2. The second kappa shape index (κ2) is 13.9. The fraction of sp³-hybridized carbons (Fsp3) is 0.296. The van der Waals surface area contributed by atoms with E-state index in [0.29, 0.717) is 25.2 Å². The van der Waals surface area contributed by atoms with Crippen LogP contribution in [0.4, 0.5) is 18.2 Å². The number of hydrazone groups is 1. The number of rotatable bonds is 11. The lowest BCUT2D eigenvalue weighted by Crippen LogP contribution is -2.35. The van der Waals surface area contributed by atoms with Gasteiger partial charge in [-0.25, -0.2) is 5.43 Å². The molecule has 0 fully saturated rings. The molecule has 8 nitrogen and oxygen atoms in total. The van der Waals surface area contributed by atoms with E-state index in [1.54, 1.807) is 37.4 Å². The number of amides is 2. The lowest BCUT2D eigenvalue weighted by atomic mass is 10.1. The Hall–Kier alpha value is -3.29. The van der Waals surface area contributed by atoms with E-state index in [9.17, 15) is 33.0 Å². The average molecular weight is 597 g/mol. The van der Waals surface area contributed by atoms with Gasteiger partial charge in [0.1, 0.15) is 5.00 Å². The summed E-state index contributed by atoms with van der Waals surface area (Å²) in [6, 6.07) is 11.6. The Balaban J connectivity index is 1.66. The molecule has 0 saturated carbocycles. The molecule has 2 unspecified atom stereocenters. The summed E-state index contributed by atoms with van der Waals surface area (Å²) in [6.45, 7) is 4.40. The highest BCUT2D eigenvalue weighted by molar-refractivity contribution is 7.14. The Morgan fingerprint density at radius 2 is 1.77 bits per heavy atom. The summed E-state index contributed by atoms with van der Waals surface area (Å²) in [5, 5.41) is 27.4. The molecule has 1 heterocycles. The number of halogens is 4. The van der Waals surface area contributed by atoms with E-state index in [4.69, 9.17) is 11.6 Å². The highest BCUT2D eigenvalue weighted by Gasteiger charge is 2.33. The minimum atomic E-state index is -4.64. The molecule has 2 atom stereocenters. The quantitative estimate of drug-likeness (QED) is 0.184. The summed E-state index contributed by atoms with van der Waals surface area (Å²) < 4.78 is 39.2. The van der Waals surface area contributed by atoms with Gasteiger partial charge >= 0.3 is 6.18 Å². The Morgan fingerprint density at radius 1 is 1.07 bits per heavy atom. The number of aliphatic hydroxyl groups is 2. The third kappa shape index (κ3) is 9.14. The zero-order valence-electron chi connectivity index (χ0n) is 21.6. The summed E-state index contributed by atoms with van der Waals surface area (Å²) in [6.07, 6.45) is -4.77. The maximum absolute atomic E-state index is 13.1. The van der Waals surface area contributed by atoms with Crippen LogP contribution in [0.3, 0.4) is 0 Å². The molecule has 13 heteroatoms. The zero-order valence-corrected chi connectivity index (χ0v) is 23.1. The lowest BCUT2D eigenvalue weighted by molar-refractivity contribution is -0.137. The number of nitrogens with one attached hydrogen (secondary N) is 2. The van der Waals surface area contributed by atoms with Gasteiger partial charge < -0.3 is 15.5 Å². The van der Waals surface area contributed by atoms with Crippen molar-refractivity contribution in [2.75, 3.05) is 18.4 Å². The highest BCUT2D eigenvalue weighted by atomic mass is 35.5. The predicted molar refractivity (Wildman–Crippen MR) is 149 cm³/mol. The van der Waals surface area contributed by atoms with Crippen LogP contribution in [0.5, 0.6) is 0 Å². The van der Waals surface area contributed by atoms with Crippen LogP contribution in [-0.2, 0) is 12.7 Å². The molecule has 0 aliphatic rings. The summed E-state index contributed by atoms with van der Waals surface area (Å²) in [5.41, 5.74) is 2.57. The largest absolute Gasteiger partial charge is 0.417 e. The van der Waals surface area contributed by atoms with Crippen LogP contribution in [0, 0.1) is 0 Å². The van der Waals surface area contributed by atoms with E-state index in [-0.39, 0.29) is 16.1 Å². The van der Waals surface area contributed by atoms with Crippen molar-refractivity contribution in [3.8, 4) is 0 Å². The highest BCUT2D eigenvalue weighted by Crippen LogP contribution is 2.34. The van der Waals surface area contributed by atoms with Crippen molar-refractivity contribution in [1.82, 2.24) is 10.3 Å². The Bertz CT molecular complexity index is 1350. The SMILES string of the molecule is CC(O)CN(Cc1cccc(C(=O)Nc2sccc2C(=O)NN=Cc2ccc(Cl)c(C(F)(F)F)c2)c1)CC(C)O. The van der Waals surface area contributed by atoms with Gasteiger partial charge in [0.2, 0.25) is 0 Å². The van der Waals surface area contributed by atoms with Crippen LogP contribution in [0.1, 0.15) is 51.3 Å². The first-order valence-corrected chi connectivity index (χ1v) is 13.4. The summed E-state index contributed by atoms with van der Waals surface area (Å²) in [5.74, 6) is -1.13. The van der Waals surface area contributed by atoms with Crippen molar-refractivity contribution in [1.29, 1.82) is 0 Å². The number of nitrogens with zero attached hydrogens (tertiary/aromatic N) is 2. The third-order valence-corrected chi connectivity index (χ3v) is 6.61. The van der Waals surface area contributed by atoms with E-state index in [1.165, 1.54) is 12.1 Å². The van der Waals surface area contributed by atoms with Crippen molar-refractivity contribution in [3.63, 3.8) is 0 Å². The summed E-state index contributed by atoms with van der Waals surface area (Å²) in [4.78, 5) is 27.5. The van der Waals surface area contributed by atoms with Crippen LogP contribution in [0.15, 0.2) is 59.0 Å². The smallest absolute Gasteiger partial charge is 0.392 e. The second-order valence-corrected chi connectivity index (χ2v) is 10.5. The van der Waals surface area contributed by atoms with Crippen molar-refractivity contribution in [2.24, 2.45) is 5.10 Å². The minimum Gasteiger partial charge on any atom is -0.392 e. The van der Waals surface area contributed by atoms with Gasteiger partial charge in [-0.1, -0.05) is 29.8 Å². The molecule has 40 heavy (non-hydrogen) atoms. The fourth-order valence-electron chi connectivity index (χ4n) is 3.85.